The largest absolute Gasteiger partial charge is 0.392 e. The van der Waals surface area contributed by atoms with Crippen LogP contribution in [0.3, 0.4) is 0 Å². The van der Waals surface area contributed by atoms with Crippen LogP contribution in [0.5, 0.6) is 0 Å². The molecule has 4 rings (SSSR count). The fourth-order valence-electron chi connectivity index (χ4n) is 6.01. The van der Waals surface area contributed by atoms with Gasteiger partial charge in [0.05, 0.1) is 12.2 Å². The predicted octanol–water partition coefficient (Wildman–Crippen LogP) is 3.59. The van der Waals surface area contributed by atoms with E-state index in [1.807, 2.05) is 6.08 Å². The van der Waals surface area contributed by atoms with Gasteiger partial charge in [-0.3, -0.25) is 0 Å². The third-order valence-corrected chi connectivity index (χ3v) is 7.45. The number of aliphatic hydroxyl groups excluding tert-OH is 2. The van der Waals surface area contributed by atoms with Crippen molar-refractivity contribution in [3.63, 3.8) is 0 Å². The van der Waals surface area contributed by atoms with Crippen molar-refractivity contribution >= 4 is 0 Å². The van der Waals surface area contributed by atoms with E-state index in [9.17, 15) is 10.2 Å². The minimum absolute atomic E-state index is 0.0624. The van der Waals surface area contributed by atoms with Gasteiger partial charge in [-0.25, -0.2) is 0 Å². The van der Waals surface area contributed by atoms with Gasteiger partial charge in [0.25, 0.3) is 0 Å². The topological polar surface area (TPSA) is 40.5 Å². The molecule has 116 valence electrons. The molecule has 6 atom stereocenters. The first-order chi connectivity index (χ1) is 9.95. The van der Waals surface area contributed by atoms with Crippen molar-refractivity contribution in [2.45, 2.75) is 71.0 Å². The number of hydrogen-bond donors (Lipinski definition) is 2. The highest BCUT2D eigenvalue weighted by Gasteiger charge is 2.53. The lowest BCUT2D eigenvalue weighted by atomic mass is 9.51. The Hall–Kier alpha value is -0.600. The minimum Gasteiger partial charge on any atom is -0.392 e. The van der Waals surface area contributed by atoms with Gasteiger partial charge in [-0.05, 0) is 62.2 Å². The van der Waals surface area contributed by atoms with Crippen molar-refractivity contribution in [2.24, 2.45) is 22.7 Å². The summed E-state index contributed by atoms with van der Waals surface area (Å²) in [5, 5.41) is 20.4. The summed E-state index contributed by atoms with van der Waals surface area (Å²) in [5.74, 6) is 1.27. The standard InChI is InChI=1S/C19H28O2/c1-18-9-7-13(20)11-12(18)3-4-14-15-5-6-17(21)19(15,2)10-8-16(14)18/h7,9,12-13,16-17,20-21H,3-6,8,10-11H2,1-2H3/t12-,13+,16+,17+,18+,19+/m1/s1. The van der Waals surface area contributed by atoms with Gasteiger partial charge < -0.3 is 10.2 Å². The molecule has 2 saturated carbocycles. The maximum atomic E-state index is 10.4. The first-order valence-corrected chi connectivity index (χ1v) is 8.73. The third-order valence-electron chi connectivity index (χ3n) is 7.45. The van der Waals surface area contributed by atoms with E-state index in [0.29, 0.717) is 11.8 Å². The molecule has 0 unspecified atom stereocenters. The number of hydrogen-bond acceptors (Lipinski definition) is 2. The van der Waals surface area contributed by atoms with Crippen molar-refractivity contribution in [1.29, 1.82) is 0 Å². The Bertz CT molecular complexity index is 520. The monoisotopic (exact) mass is 288 g/mol. The second-order valence-electron chi connectivity index (χ2n) is 8.33. The average Bonchev–Trinajstić information content (AvgIpc) is 2.76. The van der Waals surface area contributed by atoms with Gasteiger partial charge in [-0.1, -0.05) is 37.1 Å². The molecule has 0 heterocycles. The molecule has 2 heteroatoms. The van der Waals surface area contributed by atoms with Crippen LogP contribution in [0.4, 0.5) is 0 Å². The molecule has 0 aromatic rings. The van der Waals surface area contributed by atoms with Gasteiger partial charge in [-0.15, -0.1) is 0 Å². The third kappa shape index (κ3) is 1.78. The second kappa shape index (κ2) is 4.45. The molecule has 0 amide bonds. The van der Waals surface area contributed by atoms with Gasteiger partial charge in [0.2, 0.25) is 0 Å². The van der Waals surface area contributed by atoms with E-state index < -0.39 is 0 Å². The number of fused-ring (bicyclic) bond motifs is 4. The zero-order chi connectivity index (χ0) is 14.8. The normalized spacial score (nSPS) is 52.4. The zero-order valence-electron chi connectivity index (χ0n) is 13.3. The summed E-state index contributed by atoms with van der Waals surface area (Å²) in [5.41, 5.74) is 3.58. The molecule has 21 heavy (non-hydrogen) atoms. The van der Waals surface area contributed by atoms with E-state index in [1.165, 1.54) is 19.3 Å². The zero-order valence-corrected chi connectivity index (χ0v) is 13.3. The van der Waals surface area contributed by atoms with E-state index in [0.717, 1.165) is 25.7 Å². The average molecular weight is 288 g/mol. The smallest absolute Gasteiger partial charge is 0.0724 e. The summed E-state index contributed by atoms with van der Waals surface area (Å²) >= 11 is 0. The summed E-state index contributed by atoms with van der Waals surface area (Å²) in [6, 6.07) is 0. The van der Waals surface area contributed by atoms with Crippen LogP contribution < -0.4 is 0 Å². The molecule has 0 saturated heterocycles. The van der Waals surface area contributed by atoms with E-state index in [1.54, 1.807) is 11.1 Å². The van der Waals surface area contributed by atoms with Gasteiger partial charge in [0, 0.05) is 5.41 Å². The van der Waals surface area contributed by atoms with Crippen LogP contribution in [-0.4, -0.2) is 22.4 Å². The molecule has 2 nitrogen and oxygen atoms in total. The van der Waals surface area contributed by atoms with Crippen LogP contribution >= 0.6 is 0 Å². The van der Waals surface area contributed by atoms with Crippen molar-refractivity contribution in [3.05, 3.63) is 23.3 Å². The molecule has 0 aromatic heterocycles. The summed E-state index contributed by atoms with van der Waals surface area (Å²) in [6.07, 6.45) is 11.7. The Morgan fingerprint density at radius 3 is 2.71 bits per heavy atom. The first kappa shape index (κ1) is 14.0. The molecule has 0 radical (unpaired) electrons. The molecule has 0 aliphatic heterocycles. The van der Waals surface area contributed by atoms with Crippen molar-refractivity contribution < 1.29 is 10.2 Å². The second-order valence-corrected chi connectivity index (χ2v) is 8.33. The molecule has 2 N–H and O–H groups in total. The maximum absolute atomic E-state index is 10.4. The Balaban J connectivity index is 1.78. The fourth-order valence-corrected chi connectivity index (χ4v) is 6.01. The van der Waals surface area contributed by atoms with Crippen LogP contribution in [0.25, 0.3) is 0 Å². The lowest BCUT2D eigenvalue weighted by Gasteiger charge is -2.54. The highest BCUT2D eigenvalue weighted by Crippen LogP contribution is 2.62. The fraction of sp³-hybridized carbons (Fsp3) is 0.789. The molecule has 0 bridgehead atoms. The highest BCUT2D eigenvalue weighted by atomic mass is 16.3. The SMILES string of the molecule is C[C@]12C=C[C@H](O)C[C@H]1CCC1=C3CC[C@H](O)[C@@]3(C)CC[C@@H]12. The Morgan fingerprint density at radius 2 is 1.90 bits per heavy atom. The van der Waals surface area contributed by atoms with Crippen molar-refractivity contribution in [3.8, 4) is 0 Å². The quantitative estimate of drug-likeness (QED) is 0.669. The molecule has 0 spiro atoms. The maximum Gasteiger partial charge on any atom is 0.0724 e. The van der Waals surface area contributed by atoms with Gasteiger partial charge >= 0.3 is 0 Å². The number of allylic oxidation sites excluding steroid dienone is 2. The lowest BCUT2D eigenvalue weighted by molar-refractivity contribution is 0.0275. The van der Waals surface area contributed by atoms with Crippen molar-refractivity contribution in [2.75, 3.05) is 0 Å². The molecular weight excluding hydrogens is 260 g/mol. The molecular formula is C19H28O2. The Morgan fingerprint density at radius 1 is 1.10 bits per heavy atom. The molecule has 4 aliphatic rings. The van der Waals surface area contributed by atoms with Crippen LogP contribution in [0, 0.1) is 22.7 Å². The van der Waals surface area contributed by atoms with Gasteiger partial charge in [-0.2, -0.15) is 0 Å². The van der Waals surface area contributed by atoms with Crippen LogP contribution in [0.1, 0.15) is 58.8 Å². The summed E-state index contributed by atoms with van der Waals surface area (Å²) in [4.78, 5) is 0. The van der Waals surface area contributed by atoms with Gasteiger partial charge in [0.15, 0.2) is 0 Å². The van der Waals surface area contributed by atoms with Crippen LogP contribution in [0.2, 0.25) is 0 Å². The highest BCUT2D eigenvalue weighted by molar-refractivity contribution is 5.36. The van der Waals surface area contributed by atoms with E-state index >= 15 is 0 Å². The Labute approximate surface area is 127 Å². The predicted molar refractivity (Wildman–Crippen MR) is 83.7 cm³/mol. The number of aliphatic hydroxyl groups is 2. The Kier molecular flexibility index (Phi) is 2.97. The molecule has 0 aromatic carbocycles. The lowest BCUT2D eigenvalue weighted by Crippen LogP contribution is -2.46. The summed E-state index contributed by atoms with van der Waals surface area (Å²) < 4.78 is 0. The van der Waals surface area contributed by atoms with Gasteiger partial charge in [0.1, 0.15) is 0 Å². The summed E-state index contributed by atoms with van der Waals surface area (Å²) in [7, 11) is 0. The summed E-state index contributed by atoms with van der Waals surface area (Å²) in [6.45, 7) is 4.70. The molecule has 2 fully saturated rings. The van der Waals surface area contributed by atoms with E-state index in [-0.39, 0.29) is 23.0 Å². The van der Waals surface area contributed by atoms with Crippen LogP contribution in [0.15, 0.2) is 23.3 Å². The van der Waals surface area contributed by atoms with E-state index in [2.05, 4.69) is 19.9 Å². The van der Waals surface area contributed by atoms with Crippen molar-refractivity contribution in [1.82, 2.24) is 0 Å². The van der Waals surface area contributed by atoms with E-state index in [4.69, 9.17) is 0 Å². The van der Waals surface area contributed by atoms with Crippen LogP contribution in [-0.2, 0) is 0 Å². The number of rotatable bonds is 0. The minimum atomic E-state index is -0.237. The first-order valence-electron chi connectivity index (χ1n) is 8.73. The molecule has 4 aliphatic carbocycles.